The molecule has 5 nitrogen and oxygen atoms in total. The van der Waals surface area contributed by atoms with Gasteiger partial charge in [-0.1, -0.05) is 18.2 Å². The van der Waals surface area contributed by atoms with Crippen molar-refractivity contribution in [3.8, 4) is 11.5 Å². The van der Waals surface area contributed by atoms with Crippen molar-refractivity contribution in [3.63, 3.8) is 0 Å². The highest BCUT2D eigenvalue weighted by Crippen LogP contribution is 2.44. The minimum Gasteiger partial charge on any atom is -0.493 e. The third-order valence-electron chi connectivity index (χ3n) is 4.00. The van der Waals surface area contributed by atoms with E-state index in [1.54, 1.807) is 13.2 Å². The maximum atomic E-state index is 12.3. The number of nitrogens with zero attached hydrogens (tertiary/aromatic N) is 1. The Morgan fingerprint density at radius 3 is 2.26 bits per heavy atom. The van der Waals surface area contributed by atoms with E-state index < -0.39 is 12.1 Å². The average molecular weight is 313 g/mol. The molecule has 1 aliphatic rings. The van der Waals surface area contributed by atoms with Crippen LogP contribution in [-0.2, 0) is 4.74 Å². The minimum atomic E-state index is -0.423. The zero-order valence-corrected chi connectivity index (χ0v) is 13.6. The van der Waals surface area contributed by atoms with E-state index in [2.05, 4.69) is 0 Å². The summed E-state index contributed by atoms with van der Waals surface area (Å²) >= 11 is 0. The Hall–Kier alpha value is -2.69. The molecule has 0 spiro atoms. The minimum absolute atomic E-state index is 0.391. The molecule has 1 aliphatic heterocycles. The van der Waals surface area contributed by atoms with Crippen LogP contribution < -0.4 is 14.4 Å². The molecule has 0 aliphatic carbocycles. The Morgan fingerprint density at radius 2 is 1.70 bits per heavy atom. The molecule has 1 atom stereocenters. The molecule has 0 amide bonds. The quantitative estimate of drug-likeness (QED) is 0.812. The van der Waals surface area contributed by atoms with Crippen molar-refractivity contribution >= 4 is 11.7 Å². The Bertz CT molecular complexity index is 737. The predicted molar refractivity (Wildman–Crippen MR) is 87.6 cm³/mol. The standard InChI is InChI=1S/C18H19NO4/c1-19(2)12-7-5-11(6-8-12)16-13-9-10-14(21-3)17(22-4)15(13)18(20)23-16/h5-10,16H,1-4H3/t16-/m1/s1. The molecular weight excluding hydrogens is 294 g/mol. The van der Waals surface area contributed by atoms with Gasteiger partial charge in [-0.15, -0.1) is 0 Å². The average Bonchev–Trinajstić information content (AvgIpc) is 2.91. The lowest BCUT2D eigenvalue weighted by atomic mass is 9.98. The normalized spacial score (nSPS) is 15.8. The summed E-state index contributed by atoms with van der Waals surface area (Å²) in [5.74, 6) is 0.548. The van der Waals surface area contributed by atoms with Crippen LogP contribution in [0.1, 0.15) is 27.6 Å². The van der Waals surface area contributed by atoms with E-state index in [-0.39, 0.29) is 0 Å². The molecule has 2 aromatic rings. The number of hydrogen-bond acceptors (Lipinski definition) is 5. The van der Waals surface area contributed by atoms with Gasteiger partial charge in [0.2, 0.25) is 0 Å². The molecule has 23 heavy (non-hydrogen) atoms. The lowest BCUT2D eigenvalue weighted by Crippen LogP contribution is -2.08. The highest BCUT2D eigenvalue weighted by atomic mass is 16.6. The second-order valence-electron chi connectivity index (χ2n) is 5.54. The van der Waals surface area contributed by atoms with Crippen molar-refractivity contribution in [1.82, 2.24) is 0 Å². The van der Waals surface area contributed by atoms with Gasteiger partial charge in [0, 0.05) is 25.3 Å². The molecule has 0 fully saturated rings. The number of ether oxygens (including phenoxy) is 3. The van der Waals surface area contributed by atoms with Crippen LogP contribution in [0.15, 0.2) is 36.4 Å². The summed E-state index contributed by atoms with van der Waals surface area (Å²) in [6.45, 7) is 0. The third-order valence-corrected chi connectivity index (χ3v) is 4.00. The Labute approximate surface area is 135 Å². The fourth-order valence-corrected chi connectivity index (χ4v) is 2.80. The summed E-state index contributed by atoms with van der Waals surface area (Å²) in [7, 11) is 7.03. The molecule has 0 radical (unpaired) electrons. The largest absolute Gasteiger partial charge is 0.493 e. The van der Waals surface area contributed by atoms with E-state index in [1.165, 1.54) is 7.11 Å². The number of esters is 1. The third kappa shape index (κ3) is 2.48. The topological polar surface area (TPSA) is 48.0 Å². The molecule has 0 unspecified atom stereocenters. The highest BCUT2D eigenvalue weighted by molar-refractivity contribution is 5.98. The van der Waals surface area contributed by atoms with Gasteiger partial charge < -0.3 is 19.1 Å². The first-order valence-electron chi connectivity index (χ1n) is 7.30. The van der Waals surface area contributed by atoms with Crippen molar-refractivity contribution in [2.45, 2.75) is 6.10 Å². The number of rotatable bonds is 4. The van der Waals surface area contributed by atoms with Crippen LogP contribution in [0.4, 0.5) is 5.69 Å². The molecule has 3 rings (SSSR count). The van der Waals surface area contributed by atoms with E-state index >= 15 is 0 Å². The highest BCUT2D eigenvalue weighted by Gasteiger charge is 2.36. The number of anilines is 1. The Morgan fingerprint density at radius 1 is 1.00 bits per heavy atom. The van der Waals surface area contributed by atoms with Gasteiger partial charge in [-0.25, -0.2) is 4.79 Å². The lowest BCUT2D eigenvalue weighted by Gasteiger charge is -2.15. The number of fused-ring (bicyclic) bond motifs is 1. The van der Waals surface area contributed by atoms with Crippen molar-refractivity contribution in [2.75, 3.05) is 33.2 Å². The van der Waals surface area contributed by atoms with Gasteiger partial charge in [-0.2, -0.15) is 0 Å². The maximum Gasteiger partial charge on any atom is 0.343 e. The van der Waals surface area contributed by atoms with Gasteiger partial charge >= 0.3 is 5.97 Å². The van der Waals surface area contributed by atoms with Crippen LogP contribution in [-0.4, -0.2) is 34.3 Å². The van der Waals surface area contributed by atoms with Crippen molar-refractivity contribution in [3.05, 3.63) is 53.1 Å². The molecule has 2 aromatic carbocycles. The molecule has 0 aromatic heterocycles. The zero-order valence-electron chi connectivity index (χ0n) is 13.6. The molecule has 1 heterocycles. The summed E-state index contributed by atoms with van der Waals surface area (Å²) in [5.41, 5.74) is 3.25. The molecule has 0 bridgehead atoms. The van der Waals surface area contributed by atoms with Gasteiger partial charge in [-0.05, 0) is 23.8 Å². The first kappa shape index (κ1) is 15.2. The summed E-state index contributed by atoms with van der Waals surface area (Å²) in [6, 6.07) is 11.6. The van der Waals surface area contributed by atoms with E-state index in [0.29, 0.717) is 17.1 Å². The van der Waals surface area contributed by atoms with Gasteiger partial charge in [0.1, 0.15) is 5.56 Å². The smallest absolute Gasteiger partial charge is 0.343 e. The monoisotopic (exact) mass is 313 g/mol. The molecule has 5 heteroatoms. The summed E-state index contributed by atoms with van der Waals surface area (Å²) in [4.78, 5) is 14.3. The molecule has 120 valence electrons. The molecule has 0 saturated carbocycles. The maximum absolute atomic E-state index is 12.3. The van der Waals surface area contributed by atoms with Crippen LogP contribution >= 0.6 is 0 Å². The number of methoxy groups -OCH3 is 2. The second-order valence-corrected chi connectivity index (χ2v) is 5.54. The van der Waals surface area contributed by atoms with Crippen LogP contribution in [0.5, 0.6) is 11.5 Å². The summed E-state index contributed by atoms with van der Waals surface area (Å²) < 4.78 is 16.2. The van der Waals surface area contributed by atoms with Gasteiger partial charge in [0.05, 0.1) is 14.2 Å². The number of cyclic esters (lactones) is 1. The van der Waals surface area contributed by atoms with Crippen LogP contribution in [0.3, 0.4) is 0 Å². The number of hydrogen-bond donors (Lipinski definition) is 0. The van der Waals surface area contributed by atoms with Crippen molar-refractivity contribution < 1.29 is 19.0 Å². The number of benzene rings is 2. The number of carbonyl (C=O) groups is 1. The van der Waals surface area contributed by atoms with Gasteiger partial charge in [0.25, 0.3) is 0 Å². The predicted octanol–water partition coefficient (Wildman–Crippen LogP) is 3.03. The first-order valence-corrected chi connectivity index (χ1v) is 7.30. The van der Waals surface area contributed by atoms with Crippen LogP contribution in [0, 0.1) is 0 Å². The van der Waals surface area contributed by atoms with Crippen molar-refractivity contribution in [1.29, 1.82) is 0 Å². The van der Waals surface area contributed by atoms with E-state index in [9.17, 15) is 4.79 Å². The fraction of sp³-hybridized carbons (Fsp3) is 0.278. The zero-order chi connectivity index (χ0) is 16.6. The first-order chi connectivity index (χ1) is 11.1. The van der Waals surface area contributed by atoms with E-state index in [1.807, 2.05) is 49.3 Å². The van der Waals surface area contributed by atoms with E-state index in [4.69, 9.17) is 14.2 Å². The SMILES string of the molecule is COc1ccc2c(c1OC)C(=O)O[C@@H]2c1ccc(N(C)C)cc1. The molecule has 0 saturated heterocycles. The second kappa shape index (κ2) is 5.83. The molecular formula is C18H19NO4. The summed E-state index contributed by atoms with van der Waals surface area (Å²) in [6.07, 6.45) is -0.423. The fourth-order valence-electron chi connectivity index (χ4n) is 2.80. The number of carbonyl (C=O) groups excluding carboxylic acids is 1. The van der Waals surface area contributed by atoms with Crippen LogP contribution in [0.2, 0.25) is 0 Å². The van der Waals surface area contributed by atoms with Gasteiger partial charge in [0.15, 0.2) is 17.6 Å². The van der Waals surface area contributed by atoms with Crippen molar-refractivity contribution in [2.24, 2.45) is 0 Å². The Kier molecular flexibility index (Phi) is 3.86. The van der Waals surface area contributed by atoms with E-state index in [0.717, 1.165) is 16.8 Å². The Balaban J connectivity index is 2.05. The van der Waals surface area contributed by atoms with Gasteiger partial charge in [-0.3, -0.25) is 0 Å². The molecule has 0 N–H and O–H groups in total. The lowest BCUT2D eigenvalue weighted by molar-refractivity contribution is 0.0453. The van der Waals surface area contributed by atoms with Crippen LogP contribution in [0.25, 0.3) is 0 Å². The summed E-state index contributed by atoms with van der Waals surface area (Å²) in [5, 5.41) is 0.